The summed E-state index contributed by atoms with van der Waals surface area (Å²) in [6, 6.07) is 6.80. The standard InChI is InChI=1S/C12H15N3O3S/c1-9-12(8-13-14-9)19(16,17)15(2)10-4-6-11(18-3)7-5-10/h4-8H,1-3H3,(H,13,14). The molecule has 1 aromatic heterocycles. The Labute approximate surface area is 112 Å². The molecule has 0 fully saturated rings. The van der Waals surface area contributed by atoms with Crippen molar-refractivity contribution in [3.8, 4) is 5.75 Å². The van der Waals surface area contributed by atoms with Crippen LogP contribution in [0.1, 0.15) is 5.69 Å². The van der Waals surface area contributed by atoms with Crippen molar-refractivity contribution in [2.75, 3.05) is 18.5 Å². The van der Waals surface area contributed by atoms with Crippen LogP contribution in [0.4, 0.5) is 5.69 Å². The number of anilines is 1. The molecule has 0 unspecified atom stereocenters. The number of rotatable bonds is 4. The molecule has 0 saturated carbocycles. The molecule has 0 amide bonds. The highest BCUT2D eigenvalue weighted by molar-refractivity contribution is 7.92. The normalized spacial score (nSPS) is 11.3. The van der Waals surface area contributed by atoms with Gasteiger partial charge in [-0.05, 0) is 31.2 Å². The van der Waals surface area contributed by atoms with Crippen molar-refractivity contribution in [1.82, 2.24) is 10.2 Å². The van der Waals surface area contributed by atoms with Gasteiger partial charge >= 0.3 is 0 Å². The van der Waals surface area contributed by atoms with Crippen LogP contribution in [0.15, 0.2) is 35.4 Å². The fourth-order valence-electron chi connectivity index (χ4n) is 1.68. The molecule has 0 spiro atoms. The number of sulfonamides is 1. The molecule has 0 saturated heterocycles. The van der Waals surface area contributed by atoms with Crippen LogP contribution in [0, 0.1) is 6.92 Å². The predicted octanol–water partition coefficient (Wildman–Crippen LogP) is 1.55. The Bertz CT molecular complexity index is 662. The summed E-state index contributed by atoms with van der Waals surface area (Å²) in [6.07, 6.45) is 1.31. The highest BCUT2D eigenvalue weighted by Crippen LogP contribution is 2.24. The topological polar surface area (TPSA) is 75.3 Å². The van der Waals surface area contributed by atoms with Gasteiger partial charge < -0.3 is 4.74 Å². The van der Waals surface area contributed by atoms with E-state index >= 15 is 0 Å². The maximum absolute atomic E-state index is 12.4. The Kier molecular flexibility index (Phi) is 3.48. The number of hydrogen-bond donors (Lipinski definition) is 1. The van der Waals surface area contributed by atoms with Crippen molar-refractivity contribution < 1.29 is 13.2 Å². The third kappa shape index (κ3) is 2.41. The van der Waals surface area contributed by atoms with Gasteiger partial charge in [0.1, 0.15) is 10.6 Å². The van der Waals surface area contributed by atoms with Crippen molar-refractivity contribution in [2.24, 2.45) is 0 Å². The summed E-state index contributed by atoms with van der Waals surface area (Å²) in [5.74, 6) is 0.675. The van der Waals surface area contributed by atoms with E-state index in [4.69, 9.17) is 4.74 Å². The van der Waals surface area contributed by atoms with E-state index in [1.165, 1.54) is 17.5 Å². The Morgan fingerprint density at radius 1 is 1.26 bits per heavy atom. The SMILES string of the molecule is COc1ccc(N(C)S(=O)(=O)c2cn[nH]c2C)cc1. The molecular weight excluding hydrogens is 266 g/mol. The molecule has 0 aliphatic heterocycles. The lowest BCUT2D eigenvalue weighted by atomic mass is 10.3. The minimum absolute atomic E-state index is 0.172. The lowest BCUT2D eigenvalue weighted by molar-refractivity contribution is 0.415. The molecule has 0 atom stereocenters. The third-order valence-corrected chi connectivity index (χ3v) is 4.76. The molecular formula is C12H15N3O3S. The molecule has 0 radical (unpaired) electrons. The molecule has 0 aliphatic carbocycles. The number of H-pyrrole nitrogens is 1. The molecule has 2 aromatic rings. The first-order valence-corrected chi connectivity index (χ1v) is 7.04. The van der Waals surface area contributed by atoms with Crippen LogP contribution in [0.2, 0.25) is 0 Å². The van der Waals surface area contributed by atoms with Crippen molar-refractivity contribution in [1.29, 1.82) is 0 Å². The van der Waals surface area contributed by atoms with Gasteiger partial charge in [-0.3, -0.25) is 9.40 Å². The van der Waals surface area contributed by atoms with Gasteiger partial charge in [0.2, 0.25) is 0 Å². The summed E-state index contributed by atoms with van der Waals surface area (Å²) >= 11 is 0. The lowest BCUT2D eigenvalue weighted by Crippen LogP contribution is -2.26. The second-order valence-electron chi connectivity index (χ2n) is 4.03. The molecule has 0 bridgehead atoms. The molecule has 0 aliphatic rings. The fourth-order valence-corrected chi connectivity index (χ4v) is 2.99. The van der Waals surface area contributed by atoms with Crippen LogP contribution in [0.5, 0.6) is 5.75 Å². The molecule has 102 valence electrons. The van der Waals surface area contributed by atoms with Gasteiger partial charge in [0.25, 0.3) is 10.0 Å². The van der Waals surface area contributed by atoms with E-state index in [2.05, 4.69) is 10.2 Å². The average Bonchev–Trinajstić information content (AvgIpc) is 2.85. The van der Waals surface area contributed by atoms with E-state index in [1.807, 2.05) is 0 Å². The average molecular weight is 281 g/mol. The maximum Gasteiger partial charge on any atom is 0.267 e. The van der Waals surface area contributed by atoms with Gasteiger partial charge in [-0.2, -0.15) is 5.10 Å². The van der Waals surface area contributed by atoms with E-state index in [9.17, 15) is 8.42 Å². The first kappa shape index (κ1) is 13.4. The fraction of sp³-hybridized carbons (Fsp3) is 0.250. The molecule has 7 heteroatoms. The molecule has 1 N–H and O–H groups in total. The van der Waals surface area contributed by atoms with Crippen LogP contribution >= 0.6 is 0 Å². The second-order valence-corrected chi connectivity index (χ2v) is 5.97. The largest absolute Gasteiger partial charge is 0.497 e. The third-order valence-electron chi connectivity index (χ3n) is 2.86. The number of nitrogens with one attached hydrogen (secondary N) is 1. The summed E-state index contributed by atoms with van der Waals surface area (Å²) in [4.78, 5) is 0.172. The first-order valence-electron chi connectivity index (χ1n) is 5.60. The zero-order valence-electron chi connectivity index (χ0n) is 10.9. The minimum Gasteiger partial charge on any atom is -0.497 e. The molecule has 2 rings (SSSR count). The zero-order valence-corrected chi connectivity index (χ0v) is 11.7. The zero-order chi connectivity index (χ0) is 14.0. The summed E-state index contributed by atoms with van der Waals surface area (Å²) in [5, 5.41) is 6.36. The van der Waals surface area contributed by atoms with Crippen LogP contribution in [0.25, 0.3) is 0 Å². The first-order chi connectivity index (χ1) is 8.96. The van der Waals surface area contributed by atoms with Crippen molar-refractivity contribution >= 4 is 15.7 Å². The Morgan fingerprint density at radius 3 is 2.37 bits per heavy atom. The van der Waals surface area contributed by atoms with E-state index < -0.39 is 10.0 Å². The number of aryl methyl sites for hydroxylation is 1. The van der Waals surface area contributed by atoms with E-state index in [1.54, 1.807) is 38.3 Å². The van der Waals surface area contributed by atoms with Crippen molar-refractivity contribution in [3.63, 3.8) is 0 Å². The van der Waals surface area contributed by atoms with Crippen LogP contribution in [-0.2, 0) is 10.0 Å². The number of aromatic amines is 1. The number of methoxy groups -OCH3 is 1. The minimum atomic E-state index is -3.60. The highest BCUT2D eigenvalue weighted by Gasteiger charge is 2.24. The van der Waals surface area contributed by atoms with E-state index in [0.29, 0.717) is 17.1 Å². The predicted molar refractivity (Wildman–Crippen MR) is 71.9 cm³/mol. The monoisotopic (exact) mass is 281 g/mol. The summed E-state index contributed by atoms with van der Waals surface area (Å²) < 4.78 is 31.1. The van der Waals surface area contributed by atoms with Crippen molar-refractivity contribution in [3.05, 3.63) is 36.2 Å². The number of aromatic nitrogens is 2. The summed E-state index contributed by atoms with van der Waals surface area (Å²) in [7, 11) is -0.537. The number of hydrogen-bond acceptors (Lipinski definition) is 4. The van der Waals surface area contributed by atoms with E-state index in [0.717, 1.165) is 0 Å². The number of ether oxygens (including phenoxy) is 1. The van der Waals surface area contributed by atoms with Gasteiger partial charge in [0.15, 0.2) is 0 Å². The Hall–Kier alpha value is -2.02. The highest BCUT2D eigenvalue weighted by atomic mass is 32.2. The summed E-state index contributed by atoms with van der Waals surface area (Å²) in [6.45, 7) is 1.67. The number of nitrogens with zero attached hydrogens (tertiary/aromatic N) is 2. The van der Waals surface area contributed by atoms with Crippen LogP contribution in [-0.4, -0.2) is 32.8 Å². The van der Waals surface area contributed by atoms with Crippen LogP contribution < -0.4 is 9.04 Å². The summed E-state index contributed by atoms with van der Waals surface area (Å²) in [5.41, 5.74) is 1.07. The molecule has 6 nitrogen and oxygen atoms in total. The number of benzene rings is 1. The quantitative estimate of drug-likeness (QED) is 0.922. The van der Waals surface area contributed by atoms with Gasteiger partial charge in [-0.25, -0.2) is 8.42 Å². The van der Waals surface area contributed by atoms with Gasteiger partial charge in [-0.1, -0.05) is 0 Å². The Morgan fingerprint density at radius 2 is 1.89 bits per heavy atom. The molecule has 19 heavy (non-hydrogen) atoms. The van der Waals surface area contributed by atoms with E-state index in [-0.39, 0.29) is 4.90 Å². The Balaban J connectivity index is 2.37. The lowest BCUT2D eigenvalue weighted by Gasteiger charge is -2.19. The molecule has 1 heterocycles. The van der Waals surface area contributed by atoms with Crippen molar-refractivity contribution in [2.45, 2.75) is 11.8 Å². The van der Waals surface area contributed by atoms with Gasteiger partial charge in [0, 0.05) is 7.05 Å². The maximum atomic E-state index is 12.4. The second kappa shape index (κ2) is 4.93. The molecule has 1 aromatic carbocycles. The van der Waals surface area contributed by atoms with Crippen LogP contribution in [0.3, 0.4) is 0 Å². The van der Waals surface area contributed by atoms with Gasteiger partial charge in [-0.15, -0.1) is 0 Å². The smallest absolute Gasteiger partial charge is 0.267 e. The van der Waals surface area contributed by atoms with Gasteiger partial charge in [0.05, 0.1) is 24.7 Å².